The van der Waals surface area contributed by atoms with Gasteiger partial charge in [0.25, 0.3) is 0 Å². The van der Waals surface area contributed by atoms with Crippen molar-refractivity contribution < 1.29 is 73.2 Å². The quantitative estimate of drug-likeness (QED) is 0.0780. The second-order valence-corrected chi connectivity index (χ2v) is 12.5. The highest BCUT2D eigenvalue weighted by Crippen LogP contribution is 2.36. The van der Waals surface area contributed by atoms with E-state index in [4.69, 9.17) is 8.83 Å². The summed E-state index contributed by atoms with van der Waals surface area (Å²) in [6, 6.07) is 23.7. The standard InChI is InChI=1S/C20H13F5O5.C20H15F3O5/c21-19(22,20(23,24)25)10-29-17(27)12-7-5-11(6-8-12)9-14-16(26)13-3-1-2-4-15(13)30-18(14)28;21-20(22,23)9-10-27-18(25)13-7-5-12(6-8-13)11-15-17(24)14-3-1-2-4-16(14)28-19(15)26/h1-8,26H,9-10H2;1-8,24H,9-11H2. The lowest BCUT2D eigenvalue weighted by molar-refractivity contribution is -0.292. The smallest absolute Gasteiger partial charge is 0.456 e. The van der Waals surface area contributed by atoms with Gasteiger partial charge in [0.15, 0.2) is 6.61 Å². The van der Waals surface area contributed by atoms with E-state index in [1.165, 1.54) is 42.5 Å². The Morgan fingerprint density at radius 1 is 0.569 bits per heavy atom. The summed E-state index contributed by atoms with van der Waals surface area (Å²) in [6.45, 7) is -2.89. The fourth-order valence-corrected chi connectivity index (χ4v) is 5.25. The van der Waals surface area contributed by atoms with E-state index in [0.29, 0.717) is 21.9 Å². The van der Waals surface area contributed by atoms with Gasteiger partial charge in [0.1, 0.15) is 29.3 Å². The Morgan fingerprint density at radius 2 is 0.966 bits per heavy atom. The molecule has 0 atom stereocenters. The number of aromatic hydroxyl groups is 2. The van der Waals surface area contributed by atoms with Gasteiger partial charge in [-0.15, -0.1) is 0 Å². The maximum atomic E-state index is 12.8. The first-order valence-electron chi connectivity index (χ1n) is 16.7. The molecule has 0 fully saturated rings. The van der Waals surface area contributed by atoms with Crippen LogP contribution in [0.3, 0.4) is 0 Å². The molecule has 6 rings (SSSR count). The lowest BCUT2D eigenvalue weighted by Gasteiger charge is -2.19. The van der Waals surface area contributed by atoms with E-state index in [1.54, 1.807) is 42.5 Å². The summed E-state index contributed by atoms with van der Waals surface area (Å²) in [5.74, 6) is -7.84. The Labute approximate surface area is 320 Å². The first-order valence-corrected chi connectivity index (χ1v) is 16.7. The summed E-state index contributed by atoms with van der Waals surface area (Å²) in [5, 5.41) is 21.5. The maximum Gasteiger partial charge on any atom is 0.456 e. The molecule has 0 spiro atoms. The van der Waals surface area contributed by atoms with Crippen LogP contribution in [0.25, 0.3) is 21.9 Å². The third-order valence-corrected chi connectivity index (χ3v) is 8.31. The summed E-state index contributed by atoms with van der Waals surface area (Å²) >= 11 is 0. The second-order valence-electron chi connectivity index (χ2n) is 12.5. The number of ether oxygens (including phenoxy) is 2. The maximum absolute atomic E-state index is 12.8. The van der Waals surface area contributed by atoms with E-state index in [-0.39, 0.29) is 57.8 Å². The fraction of sp³-hybridized carbons (Fsp3) is 0.200. The first-order chi connectivity index (χ1) is 27.2. The number of esters is 2. The molecule has 2 aromatic heterocycles. The minimum Gasteiger partial charge on any atom is -0.507 e. The zero-order valence-electron chi connectivity index (χ0n) is 29.5. The molecule has 18 heteroatoms. The Morgan fingerprint density at radius 3 is 1.36 bits per heavy atom. The molecule has 0 saturated carbocycles. The van der Waals surface area contributed by atoms with E-state index >= 15 is 0 Å². The lowest BCUT2D eigenvalue weighted by atomic mass is 10.0. The van der Waals surface area contributed by atoms with Gasteiger partial charge in [-0.2, -0.15) is 35.1 Å². The summed E-state index contributed by atoms with van der Waals surface area (Å²) < 4.78 is 117. The van der Waals surface area contributed by atoms with Crippen molar-refractivity contribution in [3.63, 3.8) is 0 Å². The number of fused-ring (bicyclic) bond motifs is 2. The Kier molecular flexibility index (Phi) is 12.6. The lowest BCUT2D eigenvalue weighted by Crippen LogP contribution is -2.41. The molecule has 0 bridgehead atoms. The van der Waals surface area contributed by atoms with Crippen LogP contribution in [-0.2, 0) is 22.3 Å². The van der Waals surface area contributed by atoms with Gasteiger partial charge < -0.3 is 28.5 Å². The van der Waals surface area contributed by atoms with Crippen LogP contribution in [0.4, 0.5) is 35.1 Å². The van der Waals surface area contributed by atoms with Gasteiger partial charge in [-0.25, -0.2) is 19.2 Å². The van der Waals surface area contributed by atoms with Crippen LogP contribution in [0.5, 0.6) is 11.5 Å². The molecular weight excluding hydrogens is 792 g/mol. The fourth-order valence-electron chi connectivity index (χ4n) is 5.25. The summed E-state index contributed by atoms with van der Waals surface area (Å²) in [6.07, 6.45) is -11.5. The van der Waals surface area contributed by atoms with Gasteiger partial charge in [0, 0.05) is 12.8 Å². The minimum atomic E-state index is -5.83. The molecule has 0 aliphatic heterocycles. The van der Waals surface area contributed by atoms with Crippen LogP contribution >= 0.6 is 0 Å². The third-order valence-electron chi connectivity index (χ3n) is 8.31. The Balaban J connectivity index is 0.000000221. The number of carbonyl (C=O) groups is 2. The van der Waals surface area contributed by atoms with Crippen molar-refractivity contribution in [3.05, 3.63) is 151 Å². The van der Waals surface area contributed by atoms with Crippen molar-refractivity contribution in [2.75, 3.05) is 13.2 Å². The molecule has 0 unspecified atom stereocenters. The topological polar surface area (TPSA) is 153 Å². The van der Waals surface area contributed by atoms with E-state index in [0.717, 1.165) is 12.1 Å². The largest absolute Gasteiger partial charge is 0.507 e. The number of alkyl halides is 8. The van der Waals surface area contributed by atoms with Gasteiger partial charge >= 0.3 is 41.5 Å². The molecule has 0 amide bonds. The monoisotopic (exact) mass is 820 g/mol. The SMILES string of the molecule is O=C(OCC(F)(F)C(F)(F)F)c1ccc(Cc2c(O)c3ccccc3oc2=O)cc1.O=C(OCCC(F)(F)F)c1ccc(Cc2c(O)c3ccccc3oc2=O)cc1. The molecule has 2 N–H and O–H groups in total. The van der Waals surface area contributed by atoms with Gasteiger partial charge in [-0.3, -0.25) is 0 Å². The van der Waals surface area contributed by atoms with E-state index in [9.17, 15) is 64.5 Å². The van der Waals surface area contributed by atoms with Gasteiger partial charge in [-0.1, -0.05) is 48.5 Å². The van der Waals surface area contributed by atoms with Crippen molar-refractivity contribution in [1.82, 2.24) is 0 Å². The normalized spacial score (nSPS) is 11.9. The number of benzene rings is 4. The van der Waals surface area contributed by atoms with Gasteiger partial charge in [-0.05, 0) is 59.7 Å². The van der Waals surface area contributed by atoms with Gasteiger partial charge in [0.2, 0.25) is 0 Å². The minimum absolute atomic E-state index is 0.0335. The molecule has 2 heterocycles. The number of para-hydroxylation sites is 2. The van der Waals surface area contributed by atoms with E-state index < -0.39 is 61.1 Å². The zero-order valence-corrected chi connectivity index (χ0v) is 29.5. The molecule has 0 radical (unpaired) electrons. The van der Waals surface area contributed by atoms with Crippen LogP contribution in [0.15, 0.2) is 115 Å². The van der Waals surface area contributed by atoms with Crippen molar-refractivity contribution >= 4 is 33.9 Å². The van der Waals surface area contributed by atoms with Crippen molar-refractivity contribution in [3.8, 4) is 11.5 Å². The molecule has 0 aliphatic rings. The van der Waals surface area contributed by atoms with Crippen molar-refractivity contribution in [1.29, 1.82) is 0 Å². The van der Waals surface area contributed by atoms with E-state index in [1.807, 2.05) is 0 Å². The van der Waals surface area contributed by atoms with Crippen molar-refractivity contribution in [2.24, 2.45) is 0 Å². The van der Waals surface area contributed by atoms with Crippen LogP contribution < -0.4 is 11.3 Å². The third kappa shape index (κ3) is 10.4. The Bertz CT molecular complexity index is 2540. The zero-order chi connectivity index (χ0) is 42.4. The first kappa shape index (κ1) is 42.4. The summed E-state index contributed by atoms with van der Waals surface area (Å²) in [7, 11) is 0. The molecule has 0 saturated heterocycles. The van der Waals surface area contributed by atoms with Gasteiger partial charge in [0.05, 0.1) is 39.4 Å². The highest BCUT2D eigenvalue weighted by molar-refractivity contribution is 5.90. The van der Waals surface area contributed by atoms with Crippen LogP contribution in [0, 0.1) is 0 Å². The summed E-state index contributed by atoms with van der Waals surface area (Å²) in [5.41, 5.74) is -0.0471. The van der Waals surface area contributed by atoms with Crippen molar-refractivity contribution in [2.45, 2.75) is 37.5 Å². The molecular formula is C40H28F8O10. The molecule has 4 aromatic carbocycles. The molecule has 304 valence electrons. The predicted octanol–water partition coefficient (Wildman–Crippen LogP) is 8.64. The number of hydrogen-bond donors (Lipinski definition) is 2. The molecule has 58 heavy (non-hydrogen) atoms. The molecule has 6 aromatic rings. The number of rotatable bonds is 10. The predicted molar refractivity (Wildman–Crippen MR) is 189 cm³/mol. The average molecular weight is 821 g/mol. The number of hydrogen-bond acceptors (Lipinski definition) is 10. The summed E-state index contributed by atoms with van der Waals surface area (Å²) in [4.78, 5) is 47.7. The average Bonchev–Trinajstić information content (AvgIpc) is 3.17. The number of halogens is 8. The highest BCUT2D eigenvalue weighted by Gasteiger charge is 2.58. The van der Waals surface area contributed by atoms with Crippen LogP contribution in [0.1, 0.15) is 49.4 Å². The molecule has 10 nitrogen and oxygen atoms in total. The second kappa shape index (κ2) is 17.2. The van der Waals surface area contributed by atoms with Crippen LogP contribution in [-0.4, -0.2) is 53.6 Å². The Hall–Kier alpha value is -6.72. The highest BCUT2D eigenvalue weighted by atomic mass is 19.4. The van der Waals surface area contributed by atoms with Crippen LogP contribution in [0.2, 0.25) is 0 Å². The van der Waals surface area contributed by atoms with E-state index in [2.05, 4.69) is 9.47 Å². The number of carbonyl (C=O) groups excluding carboxylic acids is 2. The molecule has 0 aliphatic carbocycles.